The van der Waals surface area contributed by atoms with E-state index in [2.05, 4.69) is 9.47 Å². The normalized spacial score (nSPS) is 10.5. The van der Waals surface area contributed by atoms with Crippen molar-refractivity contribution >= 4 is 23.5 Å². The number of methoxy groups -OCH3 is 2. The lowest BCUT2D eigenvalue weighted by Crippen LogP contribution is -2.20. The van der Waals surface area contributed by atoms with Gasteiger partial charge >= 0.3 is 11.9 Å². The number of alkyl halides is 1. The molecule has 86 valence electrons. The molecule has 0 fully saturated rings. The number of hydrogen-bond acceptors (Lipinski definition) is 4. The molecule has 0 atom stereocenters. The molecule has 0 aliphatic rings. The molecule has 5 heteroatoms. The molecule has 0 radical (unpaired) electrons. The fourth-order valence-corrected chi connectivity index (χ4v) is 0.928. The number of carbonyl (C=O) groups excluding carboxylic acids is 2. The van der Waals surface area contributed by atoms with Crippen LogP contribution >= 0.6 is 11.6 Å². The van der Waals surface area contributed by atoms with Crippen molar-refractivity contribution in [3.8, 4) is 0 Å². The van der Waals surface area contributed by atoms with Crippen LogP contribution in [0.2, 0.25) is 0 Å². The summed E-state index contributed by atoms with van der Waals surface area (Å²) in [4.78, 5) is 22.5. The third-order valence-electron chi connectivity index (χ3n) is 1.69. The average molecular weight is 235 g/mol. The molecule has 0 spiro atoms. The molecular formula is C10H15ClO4. The van der Waals surface area contributed by atoms with Crippen molar-refractivity contribution in [1.82, 2.24) is 0 Å². The lowest BCUT2D eigenvalue weighted by molar-refractivity contribution is -0.144. The van der Waals surface area contributed by atoms with Crippen molar-refractivity contribution in [3.63, 3.8) is 0 Å². The molecule has 0 rings (SSSR count). The Morgan fingerprint density at radius 2 is 1.60 bits per heavy atom. The van der Waals surface area contributed by atoms with Crippen molar-refractivity contribution in [2.24, 2.45) is 5.41 Å². The first-order valence-electron chi connectivity index (χ1n) is 4.33. The molecule has 0 aromatic heterocycles. The maximum atomic E-state index is 11.3. The van der Waals surface area contributed by atoms with Crippen molar-refractivity contribution in [2.75, 3.05) is 20.1 Å². The number of rotatable bonds is 4. The molecule has 0 bridgehead atoms. The first-order chi connectivity index (χ1) is 6.87. The number of allylic oxidation sites excluding steroid dienone is 1. The predicted octanol–water partition coefficient (Wildman–Crippen LogP) is 1.52. The second-order valence-corrected chi connectivity index (χ2v) is 3.93. The van der Waals surface area contributed by atoms with E-state index in [0.717, 1.165) is 0 Å². The van der Waals surface area contributed by atoms with Crippen LogP contribution in [0.3, 0.4) is 0 Å². The van der Waals surface area contributed by atoms with Gasteiger partial charge in [-0.2, -0.15) is 0 Å². The highest BCUT2D eigenvalue weighted by Gasteiger charge is 2.24. The van der Waals surface area contributed by atoms with Crippen LogP contribution in [-0.4, -0.2) is 32.0 Å². The molecular weight excluding hydrogens is 220 g/mol. The topological polar surface area (TPSA) is 52.6 Å². The first kappa shape index (κ1) is 14.0. The summed E-state index contributed by atoms with van der Waals surface area (Å²) >= 11 is 5.68. The summed E-state index contributed by atoms with van der Waals surface area (Å²) in [7, 11) is 2.40. The van der Waals surface area contributed by atoms with E-state index in [1.165, 1.54) is 20.3 Å². The fraction of sp³-hybridized carbons (Fsp3) is 0.600. The van der Waals surface area contributed by atoms with Crippen LogP contribution in [0.1, 0.15) is 13.8 Å². The van der Waals surface area contributed by atoms with Crippen molar-refractivity contribution < 1.29 is 19.1 Å². The van der Waals surface area contributed by atoms with E-state index in [4.69, 9.17) is 11.6 Å². The van der Waals surface area contributed by atoms with Gasteiger partial charge in [-0.1, -0.05) is 19.9 Å². The third kappa shape index (κ3) is 4.34. The molecule has 0 N–H and O–H groups in total. The molecule has 0 aliphatic heterocycles. The summed E-state index contributed by atoms with van der Waals surface area (Å²) in [6, 6.07) is 0. The largest absolute Gasteiger partial charge is 0.465 e. The standard InChI is InChI=1S/C10H15ClO4/c1-10(2,6-11)5-7(8(12)14-3)9(13)15-4/h5H,6H2,1-4H3. The minimum Gasteiger partial charge on any atom is -0.465 e. The van der Waals surface area contributed by atoms with Gasteiger partial charge in [-0.15, -0.1) is 11.6 Å². The minimum absolute atomic E-state index is 0.134. The smallest absolute Gasteiger partial charge is 0.344 e. The van der Waals surface area contributed by atoms with Gasteiger partial charge in [0.25, 0.3) is 0 Å². The van der Waals surface area contributed by atoms with Crippen LogP contribution < -0.4 is 0 Å². The fourth-order valence-electron chi connectivity index (χ4n) is 0.850. The molecule has 0 saturated heterocycles. The molecule has 15 heavy (non-hydrogen) atoms. The Kier molecular flexibility index (Phi) is 5.36. The first-order valence-corrected chi connectivity index (χ1v) is 4.87. The van der Waals surface area contributed by atoms with Crippen LogP contribution in [0, 0.1) is 5.41 Å². The van der Waals surface area contributed by atoms with Gasteiger partial charge < -0.3 is 9.47 Å². The molecule has 0 unspecified atom stereocenters. The SMILES string of the molecule is COC(=O)C(=CC(C)(C)CCl)C(=O)OC. The minimum atomic E-state index is -0.722. The zero-order valence-corrected chi connectivity index (χ0v) is 10.1. The van der Waals surface area contributed by atoms with E-state index in [0.29, 0.717) is 0 Å². The summed E-state index contributed by atoms with van der Waals surface area (Å²) in [5.74, 6) is -1.16. The van der Waals surface area contributed by atoms with Gasteiger partial charge in [0.2, 0.25) is 0 Å². The van der Waals surface area contributed by atoms with Gasteiger partial charge in [-0.05, 0) is 5.41 Å². The highest BCUT2D eigenvalue weighted by Crippen LogP contribution is 2.21. The van der Waals surface area contributed by atoms with E-state index < -0.39 is 17.4 Å². The Balaban J connectivity index is 5.11. The second-order valence-electron chi connectivity index (χ2n) is 3.66. The summed E-state index contributed by atoms with van der Waals surface area (Å²) in [6.45, 7) is 3.60. The molecule has 4 nitrogen and oxygen atoms in total. The Bertz CT molecular complexity index is 263. The maximum Gasteiger partial charge on any atom is 0.344 e. The molecule has 0 heterocycles. The molecule has 0 saturated carbocycles. The summed E-state index contributed by atoms with van der Waals surface area (Å²) in [6.07, 6.45) is 1.46. The van der Waals surface area contributed by atoms with Gasteiger partial charge in [0.1, 0.15) is 5.57 Å². The Hall–Kier alpha value is -1.03. The van der Waals surface area contributed by atoms with E-state index >= 15 is 0 Å². The lowest BCUT2D eigenvalue weighted by Gasteiger charge is -2.17. The molecule has 0 aliphatic carbocycles. The van der Waals surface area contributed by atoms with E-state index in [-0.39, 0.29) is 11.5 Å². The van der Waals surface area contributed by atoms with Crippen LogP contribution in [-0.2, 0) is 19.1 Å². The quantitative estimate of drug-likeness (QED) is 0.243. The lowest BCUT2D eigenvalue weighted by atomic mass is 9.93. The maximum absolute atomic E-state index is 11.3. The van der Waals surface area contributed by atoms with Gasteiger partial charge in [0, 0.05) is 5.88 Å². The number of esters is 2. The Labute approximate surface area is 94.2 Å². The number of halogens is 1. The average Bonchev–Trinajstić information content (AvgIpc) is 2.23. The molecule has 0 aromatic rings. The Morgan fingerprint density at radius 3 is 1.87 bits per heavy atom. The third-order valence-corrected chi connectivity index (χ3v) is 2.38. The number of hydrogen-bond donors (Lipinski definition) is 0. The number of carbonyl (C=O) groups is 2. The van der Waals surface area contributed by atoms with Crippen LogP contribution in [0.5, 0.6) is 0 Å². The highest BCUT2D eigenvalue weighted by atomic mass is 35.5. The van der Waals surface area contributed by atoms with Gasteiger partial charge in [-0.25, -0.2) is 9.59 Å². The summed E-state index contributed by atoms with van der Waals surface area (Å²) < 4.78 is 8.95. The van der Waals surface area contributed by atoms with Crippen molar-refractivity contribution in [1.29, 1.82) is 0 Å². The highest BCUT2D eigenvalue weighted by molar-refractivity contribution is 6.19. The van der Waals surface area contributed by atoms with Gasteiger partial charge in [0.15, 0.2) is 0 Å². The van der Waals surface area contributed by atoms with Crippen LogP contribution in [0.4, 0.5) is 0 Å². The van der Waals surface area contributed by atoms with Crippen LogP contribution in [0.25, 0.3) is 0 Å². The van der Waals surface area contributed by atoms with Gasteiger partial charge in [0.05, 0.1) is 14.2 Å². The van der Waals surface area contributed by atoms with Crippen molar-refractivity contribution in [2.45, 2.75) is 13.8 Å². The summed E-state index contributed by atoms with van der Waals surface area (Å²) in [5.41, 5.74) is -0.607. The second kappa shape index (κ2) is 5.75. The monoisotopic (exact) mass is 234 g/mol. The van der Waals surface area contributed by atoms with E-state index in [1.807, 2.05) is 0 Å². The van der Waals surface area contributed by atoms with Gasteiger partial charge in [-0.3, -0.25) is 0 Å². The molecule has 0 amide bonds. The van der Waals surface area contributed by atoms with E-state index in [1.54, 1.807) is 13.8 Å². The predicted molar refractivity (Wildman–Crippen MR) is 56.6 cm³/mol. The Morgan fingerprint density at radius 1 is 1.20 bits per heavy atom. The van der Waals surface area contributed by atoms with E-state index in [9.17, 15) is 9.59 Å². The summed E-state index contributed by atoms with van der Waals surface area (Å²) in [5, 5.41) is 0. The zero-order chi connectivity index (χ0) is 12.1. The zero-order valence-electron chi connectivity index (χ0n) is 9.30. The molecule has 0 aromatic carbocycles. The number of ether oxygens (including phenoxy) is 2. The van der Waals surface area contributed by atoms with Crippen LogP contribution in [0.15, 0.2) is 11.6 Å². The van der Waals surface area contributed by atoms with Crippen molar-refractivity contribution in [3.05, 3.63) is 11.6 Å².